The van der Waals surface area contributed by atoms with Gasteiger partial charge < -0.3 is 20.5 Å². The van der Waals surface area contributed by atoms with Crippen LogP contribution in [0.3, 0.4) is 0 Å². The predicted octanol–water partition coefficient (Wildman–Crippen LogP) is 1.85. The Hall–Kier alpha value is -1.75. The molecule has 1 aliphatic rings. The van der Waals surface area contributed by atoms with Gasteiger partial charge in [0.2, 0.25) is 5.91 Å². The molecule has 1 saturated carbocycles. The Morgan fingerprint density at radius 2 is 2.14 bits per heavy atom. The summed E-state index contributed by atoms with van der Waals surface area (Å²) in [6.07, 6.45) is 2.60. The Labute approximate surface area is 125 Å². The highest BCUT2D eigenvalue weighted by Crippen LogP contribution is 2.26. The molecule has 5 nitrogen and oxygen atoms in total. The first-order valence-corrected chi connectivity index (χ1v) is 7.31. The maximum absolute atomic E-state index is 11.8. The fourth-order valence-corrected chi connectivity index (χ4v) is 2.43. The zero-order chi connectivity index (χ0) is 15.5. The molecule has 2 unspecified atom stereocenters. The molecule has 0 bridgehead atoms. The van der Waals surface area contributed by atoms with Crippen LogP contribution in [-0.2, 0) is 4.79 Å². The molecule has 0 saturated heterocycles. The van der Waals surface area contributed by atoms with E-state index in [1.54, 1.807) is 7.11 Å². The molecule has 21 heavy (non-hydrogen) atoms. The number of ether oxygens (including phenoxy) is 2. The van der Waals surface area contributed by atoms with E-state index >= 15 is 0 Å². The van der Waals surface area contributed by atoms with Gasteiger partial charge in [0.05, 0.1) is 18.8 Å². The molecular formula is C16H24N2O3. The lowest BCUT2D eigenvalue weighted by atomic mass is 9.93. The molecule has 0 heterocycles. The third-order valence-corrected chi connectivity index (χ3v) is 3.72. The van der Waals surface area contributed by atoms with Crippen LogP contribution in [0.15, 0.2) is 24.3 Å². The molecule has 0 aliphatic heterocycles. The van der Waals surface area contributed by atoms with Crippen LogP contribution in [0.4, 0.5) is 0 Å². The predicted molar refractivity (Wildman–Crippen MR) is 81.5 cm³/mol. The Kier molecular flexibility index (Phi) is 4.73. The van der Waals surface area contributed by atoms with E-state index < -0.39 is 5.54 Å². The van der Waals surface area contributed by atoms with Crippen molar-refractivity contribution in [2.75, 3.05) is 7.11 Å². The average molecular weight is 292 g/mol. The van der Waals surface area contributed by atoms with Crippen LogP contribution in [0.2, 0.25) is 0 Å². The summed E-state index contributed by atoms with van der Waals surface area (Å²) in [5.74, 6) is 1.13. The second-order valence-corrected chi connectivity index (χ2v) is 5.93. The van der Waals surface area contributed by atoms with Gasteiger partial charge in [-0.15, -0.1) is 0 Å². The summed E-state index contributed by atoms with van der Waals surface area (Å²) in [7, 11) is 1.62. The molecular weight excluding hydrogens is 268 g/mol. The molecule has 1 amide bonds. The zero-order valence-electron chi connectivity index (χ0n) is 12.9. The highest BCUT2D eigenvalue weighted by Gasteiger charge is 2.38. The van der Waals surface area contributed by atoms with Gasteiger partial charge in [0.15, 0.2) is 0 Å². The Bertz CT molecular complexity index is 502. The summed E-state index contributed by atoms with van der Waals surface area (Å²) in [5, 5.41) is 3.33. The first kappa shape index (κ1) is 15.6. The third-order valence-electron chi connectivity index (χ3n) is 3.72. The topological polar surface area (TPSA) is 73.6 Å². The summed E-state index contributed by atoms with van der Waals surface area (Å²) in [6.45, 7) is 3.79. The van der Waals surface area contributed by atoms with Crippen LogP contribution in [0.5, 0.6) is 11.5 Å². The van der Waals surface area contributed by atoms with E-state index in [-0.39, 0.29) is 12.0 Å². The van der Waals surface area contributed by atoms with E-state index in [4.69, 9.17) is 15.2 Å². The molecule has 1 aliphatic carbocycles. The van der Waals surface area contributed by atoms with Crippen molar-refractivity contribution in [1.29, 1.82) is 0 Å². The smallest absolute Gasteiger partial charge is 0.237 e. The summed E-state index contributed by atoms with van der Waals surface area (Å²) < 4.78 is 11.0. The highest BCUT2D eigenvalue weighted by molar-refractivity contribution is 5.84. The second-order valence-electron chi connectivity index (χ2n) is 5.93. The van der Waals surface area contributed by atoms with Crippen LogP contribution in [0, 0.1) is 0 Å². The number of hydrogen-bond acceptors (Lipinski definition) is 4. The highest BCUT2D eigenvalue weighted by atomic mass is 16.5. The molecule has 1 aromatic rings. The van der Waals surface area contributed by atoms with E-state index in [0.29, 0.717) is 12.5 Å². The van der Waals surface area contributed by atoms with Gasteiger partial charge in [0.25, 0.3) is 0 Å². The van der Waals surface area contributed by atoms with E-state index in [1.807, 2.05) is 38.1 Å². The lowest BCUT2D eigenvalue weighted by Gasteiger charge is -2.30. The van der Waals surface area contributed by atoms with Crippen LogP contribution in [-0.4, -0.2) is 30.7 Å². The number of nitrogens with two attached hydrogens (primary N) is 1. The van der Waals surface area contributed by atoms with Crippen LogP contribution in [0.25, 0.3) is 0 Å². The number of hydrogen-bond donors (Lipinski definition) is 2. The standard InChI is InChI=1S/C16H24N2O3/c1-11(21-14-6-4-5-13(9-14)20-3)10-16(2,15(17)19)18-12-7-8-12/h4-6,9,11-12,18H,7-8,10H2,1-3H3,(H2,17,19). The monoisotopic (exact) mass is 292 g/mol. The zero-order valence-corrected chi connectivity index (χ0v) is 12.9. The molecule has 0 aromatic heterocycles. The average Bonchev–Trinajstić information content (AvgIpc) is 3.22. The van der Waals surface area contributed by atoms with Crippen molar-refractivity contribution in [3.8, 4) is 11.5 Å². The number of primary amides is 1. The van der Waals surface area contributed by atoms with Crippen LogP contribution in [0.1, 0.15) is 33.1 Å². The van der Waals surface area contributed by atoms with Crippen molar-refractivity contribution >= 4 is 5.91 Å². The molecule has 2 atom stereocenters. The minimum Gasteiger partial charge on any atom is -0.497 e. The molecule has 0 spiro atoms. The third kappa shape index (κ3) is 4.36. The largest absolute Gasteiger partial charge is 0.497 e. The number of benzene rings is 1. The minimum absolute atomic E-state index is 0.138. The van der Waals surface area contributed by atoms with Gasteiger partial charge >= 0.3 is 0 Å². The van der Waals surface area contributed by atoms with E-state index in [0.717, 1.165) is 24.3 Å². The van der Waals surface area contributed by atoms with Gasteiger partial charge in [-0.05, 0) is 38.8 Å². The fraction of sp³-hybridized carbons (Fsp3) is 0.562. The molecule has 1 aromatic carbocycles. The summed E-state index contributed by atoms with van der Waals surface area (Å²) in [6, 6.07) is 7.84. The van der Waals surface area contributed by atoms with Crippen molar-refractivity contribution in [3.05, 3.63) is 24.3 Å². The minimum atomic E-state index is -0.737. The van der Waals surface area contributed by atoms with Crippen LogP contribution >= 0.6 is 0 Å². The molecule has 2 rings (SSSR count). The van der Waals surface area contributed by atoms with Crippen LogP contribution < -0.4 is 20.5 Å². The summed E-state index contributed by atoms with van der Waals surface area (Å²) in [5.41, 5.74) is 4.82. The SMILES string of the molecule is COc1cccc(OC(C)CC(C)(NC2CC2)C(N)=O)c1. The van der Waals surface area contributed by atoms with Gasteiger partial charge in [-0.25, -0.2) is 0 Å². The molecule has 116 valence electrons. The fourth-order valence-electron chi connectivity index (χ4n) is 2.43. The number of nitrogens with one attached hydrogen (secondary N) is 1. The number of amides is 1. The maximum Gasteiger partial charge on any atom is 0.237 e. The summed E-state index contributed by atoms with van der Waals surface area (Å²) >= 11 is 0. The van der Waals surface area contributed by atoms with Crippen molar-refractivity contribution in [3.63, 3.8) is 0 Å². The van der Waals surface area contributed by atoms with E-state index in [9.17, 15) is 4.79 Å². The first-order chi connectivity index (χ1) is 9.93. The number of carbonyl (C=O) groups is 1. The quantitative estimate of drug-likeness (QED) is 0.767. The first-order valence-electron chi connectivity index (χ1n) is 7.31. The van der Waals surface area contributed by atoms with Crippen molar-refractivity contribution in [1.82, 2.24) is 5.32 Å². The number of rotatable bonds is 8. The normalized spacial score (nSPS) is 18.6. The lowest BCUT2D eigenvalue weighted by Crippen LogP contribution is -2.55. The van der Waals surface area contributed by atoms with Gasteiger partial charge in [-0.3, -0.25) is 4.79 Å². The van der Waals surface area contributed by atoms with Gasteiger partial charge in [0, 0.05) is 18.5 Å². The number of methoxy groups -OCH3 is 1. The molecule has 5 heteroatoms. The van der Waals surface area contributed by atoms with Gasteiger partial charge in [-0.1, -0.05) is 6.07 Å². The summed E-state index contributed by atoms with van der Waals surface area (Å²) in [4.78, 5) is 11.8. The Morgan fingerprint density at radius 1 is 1.48 bits per heavy atom. The van der Waals surface area contributed by atoms with Crippen molar-refractivity contribution < 1.29 is 14.3 Å². The Morgan fingerprint density at radius 3 is 2.71 bits per heavy atom. The number of carbonyl (C=O) groups excluding carboxylic acids is 1. The van der Waals surface area contributed by atoms with Crippen molar-refractivity contribution in [2.24, 2.45) is 5.73 Å². The second kappa shape index (κ2) is 6.35. The molecule has 0 radical (unpaired) electrons. The van der Waals surface area contributed by atoms with Crippen molar-refractivity contribution in [2.45, 2.75) is 50.8 Å². The lowest BCUT2D eigenvalue weighted by molar-refractivity contribution is -0.124. The van der Waals surface area contributed by atoms with E-state index in [1.165, 1.54) is 0 Å². The maximum atomic E-state index is 11.8. The molecule has 1 fully saturated rings. The van der Waals surface area contributed by atoms with Gasteiger partial charge in [-0.2, -0.15) is 0 Å². The molecule has 3 N–H and O–H groups in total. The van der Waals surface area contributed by atoms with Gasteiger partial charge in [0.1, 0.15) is 11.5 Å². The van der Waals surface area contributed by atoms with E-state index in [2.05, 4.69) is 5.32 Å². The Balaban J connectivity index is 1.97.